The van der Waals surface area contributed by atoms with E-state index in [2.05, 4.69) is 26.3 Å². The molecule has 14 nitrogen and oxygen atoms in total. The first-order chi connectivity index (χ1) is 20.9. The Bertz CT molecular complexity index is 1280. The maximum atomic E-state index is 13.4. The van der Waals surface area contributed by atoms with Gasteiger partial charge in [0.05, 0.1) is 6.04 Å². The van der Waals surface area contributed by atoms with Crippen LogP contribution in [0.15, 0.2) is 59.6 Å². The van der Waals surface area contributed by atoms with Crippen molar-refractivity contribution in [1.29, 1.82) is 0 Å². The highest BCUT2D eigenvalue weighted by molar-refractivity contribution is 5.93. The fourth-order valence-electron chi connectivity index (χ4n) is 4.26. The van der Waals surface area contributed by atoms with E-state index in [9.17, 15) is 34.2 Å². The molecular weight excluding hydrogens is 570 g/mol. The van der Waals surface area contributed by atoms with Crippen molar-refractivity contribution >= 4 is 36.1 Å². The van der Waals surface area contributed by atoms with Gasteiger partial charge in [0.15, 0.2) is 5.96 Å². The van der Waals surface area contributed by atoms with E-state index in [0.29, 0.717) is 11.8 Å². The number of hydrogen-bond donors (Lipinski definition) is 8. The van der Waals surface area contributed by atoms with Crippen molar-refractivity contribution in [1.82, 2.24) is 21.3 Å². The zero-order valence-corrected chi connectivity index (χ0v) is 24.7. The minimum Gasteiger partial charge on any atom is -0.508 e. The van der Waals surface area contributed by atoms with Crippen molar-refractivity contribution < 1.29 is 34.2 Å². The van der Waals surface area contributed by atoms with Crippen LogP contribution in [0.4, 0.5) is 4.79 Å². The summed E-state index contributed by atoms with van der Waals surface area (Å²) in [6, 6.07) is 9.63. The number of nitrogens with zero attached hydrogens (tertiary/aromatic N) is 1. The number of phenols is 1. The number of carboxylic acid groups (broad SMARTS) is 1. The van der Waals surface area contributed by atoms with E-state index >= 15 is 0 Å². The maximum Gasteiger partial charge on any atom is 0.326 e. The van der Waals surface area contributed by atoms with Gasteiger partial charge in [0.25, 0.3) is 0 Å². The molecule has 0 saturated carbocycles. The van der Waals surface area contributed by atoms with E-state index in [1.165, 1.54) is 24.3 Å². The Morgan fingerprint density at radius 2 is 1.45 bits per heavy atom. The number of rotatable bonds is 17. The van der Waals surface area contributed by atoms with Crippen molar-refractivity contribution in [3.63, 3.8) is 0 Å². The molecule has 4 amide bonds. The standard InChI is InChI=1S/C30H41N7O7/c1-18(2)25(27(41)34-21(17-38)15-19-7-4-3-5-8-19)37-26(40)23(9-6-14-33-29(31)32)35-30(44)36-24(28(42)43)16-20-10-12-22(39)13-11-20/h3-5,7-8,10-13,17-18,21,23-25,39H,6,9,14-16H2,1-2H3,(H,34,41)(H,37,40)(H,42,43)(H4,31,32,33)(H2,35,36,44)/t21-,23-,24+,25-/m0/s1. The summed E-state index contributed by atoms with van der Waals surface area (Å²) < 4.78 is 0. The predicted octanol–water partition coefficient (Wildman–Crippen LogP) is 0.177. The van der Waals surface area contributed by atoms with E-state index in [4.69, 9.17) is 11.5 Å². The SMILES string of the molecule is CC(C)[C@H](NC(=O)[C@H](CCCN=C(N)N)NC(=O)N[C@H](Cc1ccc(O)cc1)C(=O)O)C(=O)N[C@H](C=O)Cc1ccccc1. The van der Waals surface area contributed by atoms with E-state index in [1.807, 2.05) is 30.3 Å². The monoisotopic (exact) mass is 611 g/mol. The molecule has 0 aliphatic heterocycles. The van der Waals surface area contributed by atoms with E-state index in [-0.39, 0.29) is 49.9 Å². The minimum absolute atomic E-state index is 0.00663. The number of carbonyl (C=O) groups excluding carboxylic acids is 4. The number of nitrogens with one attached hydrogen (secondary N) is 4. The summed E-state index contributed by atoms with van der Waals surface area (Å²) in [5.41, 5.74) is 12.1. The summed E-state index contributed by atoms with van der Waals surface area (Å²) in [6.45, 7) is 3.58. The predicted molar refractivity (Wildman–Crippen MR) is 164 cm³/mol. The number of aliphatic imine (C=N–C) groups is 1. The molecule has 2 aromatic rings. The number of carboxylic acids is 1. The zero-order chi connectivity index (χ0) is 32.6. The second-order valence-electron chi connectivity index (χ2n) is 10.6. The van der Waals surface area contributed by atoms with Crippen LogP contribution in [0.3, 0.4) is 0 Å². The molecule has 10 N–H and O–H groups in total. The molecule has 0 aliphatic rings. The molecule has 44 heavy (non-hydrogen) atoms. The molecule has 0 unspecified atom stereocenters. The first kappa shape index (κ1) is 35.1. The zero-order valence-electron chi connectivity index (χ0n) is 24.7. The maximum absolute atomic E-state index is 13.4. The molecule has 0 aliphatic carbocycles. The Morgan fingerprint density at radius 1 is 0.841 bits per heavy atom. The third kappa shape index (κ3) is 12.4. The summed E-state index contributed by atoms with van der Waals surface area (Å²) in [7, 11) is 0. The van der Waals surface area contributed by atoms with Gasteiger partial charge in [-0.25, -0.2) is 9.59 Å². The van der Waals surface area contributed by atoms with Crippen molar-refractivity contribution in [2.45, 2.75) is 63.7 Å². The van der Waals surface area contributed by atoms with Crippen molar-refractivity contribution in [2.24, 2.45) is 22.4 Å². The Kier molecular flexibility index (Phi) is 14.1. The van der Waals surface area contributed by atoms with Gasteiger partial charge in [-0.05, 0) is 48.4 Å². The molecule has 0 bridgehead atoms. The van der Waals surface area contributed by atoms with E-state index in [1.54, 1.807) is 13.8 Å². The number of benzene rings is 2. The van der Waals surface area contributed by atoms with Crippen LogP contribution in [-0.2, 0) is 32.0 Å². The fourth-order valence-corrected chi connectivity index (χ4v) is 4.26. The van der Waals surface area contributed by atoms with Gasteiger partial charge in [-0.15, -0.1) is 0 Å². The summed E-state index contributed by atoms with van der Waals surface area (Å²) in [6.07, 6.45) is 1.14. The van der Waals surface area contributed by atoms with E-state index < -0.39 is 48.0 Å². The molecule has 238 valence electrons. The lowest BCUT2D eigenvalue weighted by Crippen LogP contribution is -2.58. The van der Waals surface area contributed by atoms with Gasteiger partial charge in [-0.1, -0.05) is 56.3 Å². The Morgan fingerprint density at radius 3 is 2.02 bits per heavy atom. The van der Waals surface area contributed by atoms with Crippen LogP contribution in [0.2, 0.25) is 0 Å². The van der Waals surface area contributed by atoms with Crippen LogP contribution in [0.25, 0.3) is 0 Å². The van der Waals surface area contributed by atoms with Crippen LogP contribution in [0.5, 0.6) is 5.75 Å². The van der Waals surface area contributed by atoms with Crippen LogP contribution in [0.1, 0.15) is 37.8 Å². The smallest absolute Gasteiger partial charge is 0.326 e. The molecule has 4 atom stereocenters. The van der Waals surface area contributed by atoms with Crippen molar-refractivity contribution in [2.75, 3.05) is 6.54 Å². The molecule has 0 heterocycles. The molecule has 2 aromatic carbocycles. The highest BCUT2D eigenvalue weighted by atomic mass is 16.4. The van der Waals surface area contributed by atoms with Crippen LogP contribution in [-0.4, -0.2) is 77.0 Å². The van der Waals surface area contributed by atoms with Gasteiger partial charge in [0.2, 0.25) is 11.8 Å². The number of aromatic hydroxyl groups is 1. The second kappa shape index (κ2) is 17.7. The summed E-state index contributed by atoms with van der Waals surface area (Å²) in [4.78, 5) is 66.9. The lowest BCUT2D eigenvalue weighted by molar-refractivity contribution is -0.139. The number of nitrogens with two attached hydrogens (primary N) is 2. The Labute approximate surface area is 255 Å². The van der Waals surface area contributed by atoms with Crippen LogP contribution < -0.4 is 32.7 Å². The van der Waals surface area contributed by atoms with Gasteiger partial charge in [0.1, 0.15) is 30.2 Å². The minimum atomic E-state index is -1.34. The number of urea groups is 1. The third-order valence-corrected chi connectivity index (χ3v) is 6.58. The number of amides is 4. The van der Waals surface area contributed by atoms with Gasteiger partial charge < -0.3 is 47.7 Å². The molecular formula is C30H41N7O7. The lowest BCUT2D eigenvalue weighted by Gasteiger charge is -2.27. The molecule has 0 spiro atoms. The van der Waals surface area contributed by atoms with Gasteiger partial charge >= 0.3 is 12.0 Å². The number of aldehydes is 1. The average Bonchev–Trinajstić information content (AvgIpc) is 2.97. The third-order valence-electron chi connectivity index (χ3n) is 6.58. The highest BCUT2D eigenvalue weighted by Crippen LogP contribution is 2.12. The number of aliphatic carboxylic acids is 1. The van der Waals surface area contributed by atoms with Gasteiger partial charge in [-0.3, -0.25) is 14.6 Å². The Balaban J connectivity index is 2.13. The van der Waals surface area contributed by atoms with Crippen molar-refractivity contribution in [3.05, 3.63) is 65.7 Å². The average molecular weight is 612 g/mol. The van der Waals surface area contributed by atoms with E-state index in [0.717, 1.165) is 5.56 Å². The second-order valence-corrected chi connectivity index (χ2v) is 10.6. The molecule has 14 heteroatoms. The molecule has 0 aromatic heterocycles. The number of phenolic OH excluding ortho intramolecular Hbond substituents is 1. The summed E-state index contributed by atoms with van der Waals surface area (Å²) >= 11 is 0. The first-order valence-corrected chi connectivity index (χ1v) is 14.1. The van der Waals surface area contributed by atoms with Crippen LogP contribution >= 0.6 is 0 Å². The lowest BCUT2D eigenvalue weighted by atomic mass is 10.0. The highest BCUT2D eigenvalue weighted by Gasteiger charge is 2.30. The first-order valence-electron chi connectivity index (χ1n) is 14.1. The summed E-state index contributed by atoms with van der Waals surface area (Å²) in [5, 5.41) is 29.3. The molecule has 2 rings (SSSR count). The van der Waals surface area contributed by atoms with Crippen LogP contribution in [0, 0.1) is 5.92 Å². The normalized spacial score (nSPS) is 13.4. The number of guanidine groups is 1. The number of hydrogen-bond acceptors (Lipinski definition) is 7. The van der Waals surface area contributed by atoms with Gasteiger partial charge in [-0.2, -0.15) is 0 Å². The molecule has 0 fully saturated rings. The summed E-state index contributed by atoms with van der Waals surface area (Å²) in [5.74, 6) is -3.11. The topological polar surface area (TPSA) is 238 Å². The fraction of sp³-hybridized carbons (Fsp3) is 0.400. The van der Waals surface area contributed by atoms with Crippen molar-refractivity contribution in [3.8, 4) is 5.75 Å². The quantitative estimate of drug-likeness (QED) is 0.0526. The molecule has 0 saturated heterocycles. The van der Waals surface area contributed by atoms with Gasteiger partial charge in [0, 0.05) is 13.0 Å². The molecule has 0 radical (unpaired) electrons. The number of carbonyl (C=O) groups is 5. The largest absolute Gasteiger partial charge is 0.508 e. The Hall–Kier alpha value is -5.14.